The first kappa shape index (κ1) is 11.8. The van der Waals surface area contributed by atoms with Crippen molar-refractivity contribution in [2.24, 2.45) is 0 Å². The minimum atomic E-state index is -1.25. The smallest absolute Gasteiger partial charge is 0.244 e. The van der Waals surface area contributed by atoms with Gasteiger partial charge in [-0.2, -0.15) is 0 Å². The Labute approximate surface area is 72.2 Å². The van der Waals surface area contributed by atoms with E-state index in [2.05, 4.69) is 0 Å². The molecule has 0 heterocycles. The van der Waals surface area contributed by atoms with E-state index in [0.717, 1.165) is 0 Å². The van der Waals surface area contributed by atoms with Crippen LogP contribution in [0.2, 0.25) is 0 Å². The van der Waals surface area contributed by atoms with E-state index < -0.39 is 12.1 Å². The van der Waals surface area contributed by atoms with Gasteiger partial charge >= 0.3 is 0 Å². The van der Waals surface area contributed by atoms with E-state index >= 15 is 0 Å². The van der Waals surface area contributed by atoms with Crippen LogP contribution in [0, 0.1) is 0 Å². The SMILES string of the molecule is COC(OC)C(CO)(OC)OC. The van der Waals surface area contributed by atoms with Gasteiger partial charge in [-0.3, -0.25) is 0 Å². The van der Waals surface area contributed by atoms with Crippen LogP contribution in [0.3, 0.4) is 0 Å². The molecule has 0 aromatic heterocycles. The van der Waals surface area contributed by atoms with Gasteiger partial charge in [-0.1, -0.05) is 0 Å². The molecule has 12 heavy (non-hydrogen) atoms. The summed E-state index contributed by atoms with van der Waals surface area (Å²) >= 11 is 0. The van der Waals surface area contributed by atoms with Crippen LogP contribution in [-0.4, -0.2) is 52.2 Å². The van der Waals surface area contributed by atoms with Crippen molar-refractivity contribution in [2.75, 3.05) is 35.0 Å². The third-order valence-electron chi connectivity index (χ3n) is 1.70. The van der Waals surface area contributed by atoms with Gasteiger partial charge in [-0.05, 0) is 0 Å². The number of hydrogen-bond donors (Lipinski definition) is 1. The highest BCUT2D eigenvalue weighted by Gasteiger charge is 2.39. The number of rotatable bonds is 6. The van der Waals surface area contributed by atoms with E-state index in [-0.39, 0.29) is 6.61 Å². The topological polar surface area (TPSA) is 57.2 Å². The van der Waals surface area contributed by atoms with Gasteiger partial charge in [0.1, 0.15) is 6.61 Å². The molecule has 0 bridgehead atoms. The van der Waals surface area contributed by atoms with E-state index in [9.17, 15) is 0 Å². The van der Waals surface area contributed by atoms with Gasteiger partial charge in [-0.25, -0.2) is 0 Å². The van der Waals surface area contributed by atoms with Gasteiger partial charge in [0, 0.05) is 28.4 Å². The Morgan fingerprint density at radius 3 is 1.58 bits per heavy atom. The first-order chi connectivity index (χ1) is 5.70. The second kappa shape index (κ2) is 5.45. The lowest BCUT2D eigenvalue weighted by Gasteiger charge is -2.34. The Morgan fingerprint density at radius 2 is 1.50 bits per heavy atom. The predicted octanol–water partition coefficient (Wildman–Crippen LogP) is -0.413. The Kier molecular flexibility index (Phi) is 5.36. The summed E-state index contributed by atoms with van der Waals surface area (Å²) in [6.45, 7) is -0.341. The third kappa shape index (κ3) is 2.15. The van der Waals surface area contributed by atoms with Crippen molar-refractivity contribution in [1.29, 1.82) is 0 Å². The molecule has 0 saturated carbocycles. The average Bonchev–Trinajstić information content (AvgIpc) is 2.14. The molecule has 0 aromatic carbocycles. The van der Waals surface area contributed by atoms with Crippen molar-refractivity contribution >= 4 is 0 Å². The molecule has 0 rings (SSSR count). The molecular weight excluding hydrogens is 164 g/mol. The van der Waals surface area contributed by atoms with Crippen LogP contribution in [0.15, 0.2) is 0 Å². The Hall–Kier alpha value is -0.200. The molecule has 0 fully saturated rings. The molecule has 0 unspecified atom stereocenters. The Morgan fingerprint density at radius 1 is 1.08 bits per heavy atom. The molecule has 0 radical (unpaired) electrons. The highest BCUT2D eigenvalue weighted by molar-refractivity contribution is 4.71. The summed E-state index contributed by atoms with van der Waals surface area (Å²) in [6.07, 6.45) is -0.752. The minimum absolute atomic E-state index is 0.341. The lowest BCUT2D eigenvalue weighted by Crippen LogP contribution is -2.51. The molecule has 0 aliphatic rings. The number of aliphatic hydroxyl groups is 1. The largest absolute Gasteiger partial charge is 0.391 e. The number of hydrogen-bond acceptors (Lipinski definition) is 5. The first-order valence-corrected chi connectivity index (χ1v) is 3.47. The lowest BCUT2D eigenvalue weighted by atomic mass is 10.3. The highest BCUT2D eigenvalue weighted by atomic mass is 16.8. The van der Waals surface area contributed by atoms with E-state index in [1.807, 2.05) is 0 Å². The summed E-state index contributed by atoms with van der Waals surface area (Å²) in [7, 11) is 5.70. The summed E-state index contributed by atoms with van der Waals surface area (Å²) in [6, 6.07) is 0. The van der Waals surface area contributed by atoms with Gasteiger partial charge in [-0.15, -0.1) is 0 Å². The highest BCUT2D eigenvalue weighted by Crippen LogP contribution is 2.18. The summed E-state index contributed by atoms with van der Waals surface area (Å²) in [5.41, 5.74) is 0. The second-order valence-corrected chi connectivity index (χ2v) is 2.18. The maximum absolute atomic E-state index is 9.00. The zero-order valence-corrected chi connectivity index (χ0v) is 7.86. The molecule has 1 N–H and O–H groups in total. The minimum Gasteiger partial charge on any atom is -0.391 e. The van der Waals surface area contributed by atoms with E-state index in [0.29, 0.717) is 0 Å². The normalized spacial score (nSPS) is 12.5. The maximum Gasteiger partial charge on any atom is 0.244 e. The van der Waals surface area contributed by atoms with Crippen molar-refractivity contribution < 1.29 is 24.1 Å². The Bertz CT molecular complexity index is 100. The van der Waals surface area contributed by atoms with Gasteiger partial charge < -0.3 is 24.1 Å². The van der Waals surface area contributed by atoms with Crippen LogP contribution in [-0.2, 0) is 18.9 Å². The fraction of sp³-hybridized carbons (Fsp3) is 1.00. The third-order valence-corrected chi connectivity index (χ3v) is 1.70. The molecule has 0 atom stereocenters. The van der Waals surface area contributed by atoms with Crippen LogP contribution < -0.4 is 0 Å². The average molecular weight is 180 g/mol. The number of aliphatic hydroxyl groups excluding tert-OH is 1. The summed E-state index contributed by atoms with van der Waals surface area (Å²) in [4.78, 5) is 0. The molecule has 5 heteroatoms. The molecule has 0 aromatic rings. The molecule has 0 aliphatic heterocycles. The first-order valence-electron chi connectivity index (χ1n) is 3.47. The zero-order chi connectivity index (χ0) is 9.61. The monoisotopic (exact) mass is 180 g/mol. The van der Waals surface area contributed by atoms with Crippen molar-refractivity contribution in [3.8, 4) is 0 Å². The molecule has 0 saturated heterocycles. The van der Waals surface area contributed by atoms with Gasteiger partial charge in [0.15, 0.2) is 0 Å². The van der Waals surface area contributed by atoms with Crippen molar-refractivity contribution in [2.45, 2.75) is 12.1 Å². The van der Waals surface area contributed by atoms with Crippen LogP contribution in [0.5, 0.6) is 0 Å². The summed E-state index contributed by atoms with van der Waals surface area (Å²) in [5.74, 6) is -1.25. The lowest BCUT2D eigenvalue weighted by molar-refractivity contribution is -0.337. The Balaban J connectivity index is 4.42. The molecule has 0 amide bonds. The molecular formula is C7H16O5. The zero-order valence-electron chi connectivity index (χ0n) is 7.86. The number of methoxy groups -OCH3 is 4. The molecule has 5 nitrogen and oxygen atoms in total. The standard InChI is InChI=1S/C7H16O5/c1-9-6(10-2)7(5-8,11-3)12-4/h6,8H,5H2,1-4H3. The van der Waals surface area contributed by atoms with E-state index in [4.69, 9.17) is 24.1 Å². The van der Waals surface area contributed by atoms with Crippen LogP contribution in [0.1, 0.15) is 0 Å². The van der Waals surface area contributed by atoms with Crippen LogP contribution in [0.25, 0.3) is 0 Å². The van der Waals surface area contributed by atoms with Gasteiger partial charge in [0.05, 0.1) is 0 Å². The van der Waals surface area contributed by atoms with Crippen molar-refractivity contribution in [1.82, 2.24) is 0 Å². The predicted molar refractivity (Wildman–Crippen MR) is 41.6 cm³/mol. The van der Waals surface area contributed by atoms with Gasteiger partial charge in [0.25, 0.3) is 0 Å². The molecule has 0 spiro atoms. The van der Waals surface area contributed by atoms with E-state index in [1.165, 1.54) is 28.4 Å². The molecule has 0 aliphatic carbocycles. The fourth-order valence-corrected chi connectivity index (χ4v) is 0.935. The molecule has 74 valence electrons. The fourth-order valence-electron chi connectivity index (χ4n) is 0.935. The van der Waals surface area contributed by atoms with Crippen molar-refractivity contribution in [3.05, 3.63) is 0 Å². The van der Waals surface area contributed by atoms with Gasteiger partial charge in [0.2, 0.25) is 12.1 Å². The van der Waals surface area contributed by atoms with Crippen LogP contribution >= 0.6 is 0 Å². The summed E-state index contributed by atoms with van der Waals surface area (Å²) < 4.78 is 19.7. The van der Waals surface area contributed by atoms with Crippen molar-refractivity contribution in [3.63, 3.8) is 0 Å². The van der Waals surface area contributed by atoms with E-state index in [1.54, 1.807) is 0 Å². The quantitative estimate of drug-likeness (QED) is 0.563. The van der Waals surface area contributed by atoms with Crippen LogP contribution in [0.4, 0.5) is 0 Å². The second-order valence-electron chi connectivity index (χ2n) is 2.18. The maximum atomic E-state index is 9.00. The number of ether oxygens (including phenoxy) is 4. The summed E-state index contributed by atoms with van der Waals surface area (Å²) in [5, 5.41) is 9.00.